The first-order chi connectivity index (χ1) is 6.15. The van der Waals surface area contributed by atoms with Gasteiger partial charge >= 0.3 is 0 Å². The number of hydrogen-bond donors (Lipinski definition) is 0. The lowest BCUT2D eigenvalue weighted by Gasteiger charge is -2.29. The van der Waals surface area contributed by atoms with E-state index in [-0.39, 0.29) is 5.91 Å². The minimum atomic E-state index is -0.737. The van der Waals surface area contributed by atoms with E-state index in [0.717, 1.165) is 0 Å². The van der Waals surface area contributed by atoms with Gasteiger partial charge in [-0.2, -0.15) is 0 Å². The highest BCUT2D eigenvalue weighted by molar-refractivity contribution is 6.30. The minimum Gasteiger partial charge on any atom is -0.341 e. The molecular formula is C9H15ClFNO. The Morgan fingerprint density at radius 2 is 2.15 bits per heavy atom. The Kier molecular flexibility index (Phi) is 3.97. The standard InChI is InChI=1S/C9H15ClFNO/c1-2-8(10)9(13)12-5-3-7(11)4-6-12/h7-8H,2-6H2,1H3/t8-/m0/s1. The van der Waals surface area contributed by atoms with Gasteiger partial charge in [-0.3, -0.25) is 4.79 Å². The number of carbonyl (C=O) groups excluding carboxylic acids is 1. The van der Waals surface area contributed by atoms with Crippen LogP contribution in [0.1, 0.15) is 26.2 Å². The SMILES string of the molecule is CC[C@H](Cl)C(=O)N1CCC(F)CC1. The number of rotatable bonds is 2. The summed E-state index contributed by atoms with van der Waals surface area (Å²) in [4.78, 5) is 13.2. The molecule has 1 aliphatic rings. The molecule has 0 spiro atoms. The van der Waals surface area contributed by atoms with Crippen LogP contribution in [0.15, 0.2) is 0 Å². The number of halogens is 2. The molecule has 0 aromatic carbocycles. The van der Waals surface area contributed by atoms with Crippen LogP contribution in [0.5, 0.6) is 0 Å². The second kappa shape index (κ2) is 4.80. The molecule has 76 valence electrons. The first-order valence-electron chi connectivity index (χ1n) is 4.72. The second-order valence-electron chi connectivity index (χ2n) is 3.38. The summed E-state index contributed by atoms with van der Waals surface area (Å²) in [5.41, 5.74) is 0. The fraction of sp³-hybridized carbons (Fsp3) is 0.889. The normalized spacial score (nSPS) is 21.6. The second-order valence-corrected chi connectivity index (χ2v) is 3.90. The molecule has 1 heterocycles. The smallest absolute Gasteiger partial charge is 0.240 e. The molecule has 0 aliphatic carbocycles. The average Bonchev–Trinajstić information content (AvgIpc) is 2.17. The monoisotopic (exact) mass is 207 g/mol. The van der Waals surface area contributed by atoms with Gasteiger partial charge in [0.1, 0.15) is 11.5 Å². The van der Waals surface area contributed by atoms with Gasteiger partial charge in [0, 0.05) is 13.1 Å². The largest absolute Gasteiger partial charge is 0.341 e. The molecule has 1 saturated heterocycles. The maximum atomic E-state index is 12.7. The van der Waals surface area contributed by atoms with Gasteiger partial charge in [0.15, 0.2) is 0 Å². The van der Waals surface area contributed by atoms with Crippen molar-refractivity contribution in [1.29, 1.82) is 0 Å². The van der Waals surface area contributed by atoms with Crippen LogP contribution in [0, 0.1) is 0 Å². The Hall–Kier alpha value is -0.310. The molecule has 0 unspecified atom stereocenters. The quantitative estimate of drug-likeness (QED) is 0.634. The zero-order chi connectivity index (χ0) is 9.84. The number of nitrogens with zero attached hydrogens (tertiary/aromatic N) is 1. The van der Waals surface area contributed by atoms with Crippen LogP contribution in [0.25, 0.3) is 0 Å². The molecule has 1 aliphatic heterocycles. The zero-order valence-electron chi connectivity index (χ0n) is 7.80. The van der Waals surface area contributed by atoms with Crippen molar-refractivity contribution in [2.45, 2.75) is 37.7 Å². The number of likely N-dealkylation sites (tertiary alicyclic amines) is 1. The lowest BCUT2D eigenvalue weighted by Crippen LogP contribution is -2.42. The van der Waals surface area contributed by atoms with E-state index in [2.05, 4.69) is 0 Å². The van der Waals surface area contributed by atoms with Crippen molar-refractivity contribution in [2.75, 3.05) is 13.1 Å². The number of piperidine rings is 1. The molecule has 0 N–H and O–H groups in total. The summed E-state index contributed by atoms with van der Waals surface area (Å²) in [6.07, 6.45) is 0.813. The van der Waals surface area contributed by atoms with E-state index in [1.54, 1.807) is 4.90 Å². The van der Waals surface area contributed by atoms with Crippen LogP contribution in [0.3, 0.4) is 0 Å². The molecule has 1 atom stereocenters. The van der Waals surface area contributed by atoms with E-state index < -0.39 is 11.5 Å². The van der Waals surface area contributed by atoms with Gasteiger partial charge in [0.2, 0.25) is 5.91 Å². The van der Waals surface area contributed by atoms with E-state index in [1.807, 2.05) is 6.92 Å². The number of alkyl halides is 2. The molecule has 1 amide bonds. The molecular weight excluding hydrogens is 193 g/mol. The number of carbonyl (C=O) groups is 1. The molecule has 2 nitrogen and oxygen atoms in total. The van der Waals surface area contributed by atoms with Gasteiger partial charge in [-0.15, -0.1) is 11.6 Å². The highest BCUT2D eigenvalue weighted by Crippen LogP contribution is 2.16. The topological polar surface area (TPSA) is 20.3 Å². The summed E-state index contributed by atoms with van der Waals surface area (Å²) in [7, 11) is 0. The molecule has 0 bridgehead atoms. The molecule has 13 heavy (non-hydrogen) atoms. The Labute approximate surface area is 83.0 Å². The van der Waals surface area contributed by atoms with Crippen molar-refractivity contribution in [2.24, 2.45) is 0 Å². The van der Waals surface area contributed by atoms with Crippen molar-refractivity contribution >= 4 is 17.5 Å². The van der Waals surface area contributed by atoms with Gasteiger partial charge in [0.25, 0.3) is 0 Å². The van der Waals surface area contributed by atoms with Gasteiger partial charge in [0.05, 0.1) is 0 Å². The van der Waals surface area contributed by atoms with Crippen LogP contribution < -0.4 is 0 Å². The summed E-state index contributed by atoms with van der Waals surface area (Å²) in [6.45, 7) is 2.91. The molecule has 0 radical (unpaired) electrons. The zero-order valence-corrected chi connectivity index (χ0v) is 8.56. The summed E-state index contributed by atoms with van der Waals surface area (Å²) in [5.74, 6) is -0.0453. The van der Waals surface area contributed by atoms with Crippen LogP contribution in [0.4, 0.5) is 4.39 Å². The van der Waals surface area contributed by atoms with Gasteiger partial charge in [-0.1, -0.05) is 6.92 Å². The third-order valence-corrected chi connectivity index (χ3v) is 2.86. The molecule has 1 fully saturated rings. The summed E-state index contributed by atoms with van der Waals surface area (Å²) in [5, 5.41) is -0.434. The summed E-state index contributed by atoms with van der Waals surface area (Å²) >= 11 is 5.80. The van der Waals surface area contributed by atoms with Crippen molar-refractivity contribution in [3.63, 3.8) is 0 Å². The van der Waals surface area contributed by atoms with Gasteiger partial charge < -0.3 is 4.90 Å². The predicted molar refractivity (Wildman–Crippen MR) is 50.6 cm³/mol. The van der Waals surface area contributed by atoms with E-state index in [4.69, 9.17) is 11.6 Å². The van der Waals surface area contributed by atoms with Gasteiger partial charge in [-0.25, -0.2) is 4.39 Å². The third kappa shape index (κ3) is 2.83. The molecule has 1 rings (SSSR count). The highest BCUT2D eigenvalue weighted by Gasteiger charge is 2.25. The highest BCUT2D eigenvalue weighted by atomic mass is 35.5. The van der Waals surface area contributed by atoms with Crippen molar-refractivity contribution in [1.82, 2.24) is 4.90 Å². The van der Waals surface area contributed by atoms with Crippen molar-refractivity contribution < 1.29 is 9.18 Å². The first kappa shape index (κ1) is 10.8. The average molecular weight is 208 g/mol. The third-order valence-electron chi connectivity index (χ3n) is 2.36. The number of hydrogen-bond acceptors (Lipinski definition) is 1. The Morgan fingerprint density at radius 1 is 1.62 bits per heavy atom. The lowest BCUT2D eigenvalue weighted by atomic mass is 10.1. The molecule has 0 aromatic rings. The maximum absolute atomic E-state index is 12.7. The predicted octanol–water partition coefficient (Wildman–Crippen LogP) is 1.96. The fourth-order valence-corrected chi connectivity index (χ4v) is 1.58. The Morgan fingerprint density at radius 3 is 2.62 bits per heavy atom. The van der Waals surface area contributed by atoms with Crippen LogP contribution in [0.2, 0.25) is 0 Å². The van der Waals surface area contributed by atoms with E-state index in [1.165, 1.54) is 0 Å². The molecule has 0 aromatic heterocycles. The Bertz CT molecular complexity index is 180. The van der Waals surface area contributed by atoms with E-state index >= 15 is 0 Å². The van der Waals surface area contributed by atoms with Crippen molar-refractivity contribution in [3.05, 3.63) is 0 Å². The number of amides is 1. The molecule has 4 heteroatoms. The van der Waals surface area contributed by atoms with E-state index in [9.17, 15) is 9.18 Å². The molecule has 0 saturated carbocycles. The van der Waals surface area contributed by atoms with Crippen LogP contribution in [-0.4, -0.2) is 35.4 Å². The Balaban J connectivity index is 2.40. The minimum absolute atomic E-state index is 0.0453. The van der Waals surface area contributed by atoms with Crippen LogP contribution >= 0.6 is 11.6 Å². The summed E-state index contributed by atoms with van der Waals surface area (Å²) in [6, 6.07) is 0. The first-order valence-corrected chi connectivity index (χ1v) is 5.15. The van der Waals surface area contributed by atoms with E-state index in [0.29, 0.717) is 32.4 Å². The summed E-state index contributed by atoms with van der Waals surface area (Å²) < 4.78 is 12.7. The van der Waals surface area contributed by atoms with Gasteiger partial charge in [-0.05, 0) is 19.3 Å². The van der Waals surface area contributed by atoms with Crippen molar-refractivity contribution in [3.8, 4) is 0 Å². The fourth-order valence-electron chi connectivity index (χ4n) is 1.44. The van der Waals surface area contributed by atoms with Crippen LogP contribution in [-0.2, 0) is 4.79 Å². The maximum Gasteiger partial charge on any atom is 0.240 e. The lowest BCUT2D eigenvalue weighted by molar-refractivity contribution is -0.132.